The van der Waals surface area contributed by atoms with Crippen molar-refractivity contribution in [3.8, 4) is 0 Å². The minimum absolute atomic E-state index is 0.186. The largest absolute Gasteiger partial charge is 0.339 e. The van der Waals surface area contributed by atoms with Gasteiger partial charge in [-0.05, 0) is 24.0 Å². The molecule has 1 N–H and O–H groups in total. The summed E-state index contributed by atoms with van der Waals surface area (Å²) < 4.78 is 0. The Kier molecular flexibility index (Phi) is 3.43. The zero-order valence-corrected chi connectivity index (χ0v) is 12.4. The summed E-state index contributed by atoms with van der Waals surface area (Å²) in [6, 6.07) is 9.09. The predicted molar refractivity (Wildman–Crippen MR) is 82.2 cm³/mol. The van der Waals surface area contributed by atoms with Crippen molar-refractivity contribution in [3.05, 3.63) is 35.4 Å². The number of amides is 1. The van der Waals surface area contributed by atoms with Crippen LogP contribution in [0.15, 0.2) is 24.3 Å². The van der Waals surface area contributed by atoms with Crippen molar-refractivity contribution in [2.45, 2.75) is 18.9 Å². The zero-order valence-electron chi connectivity index (χ0n) is 12.4. The van der Waals surface area contributed by atoms with Gasteiger partial charge in [0.1, 0.15) is 0 Å². The van der Waals surface area contributed by atoms with Gasteiger partial charge in [0.25, 0.3) is 0 Å². The Bertz CT molecular complexity index is 508. The molecule has 0 spiro atoms. The molecule has 1 aliphatic carbocycles. The standard InChI is InChI=1S/C17H23N3O/c21-17(15-9-13-3-1-2-4-14(13)10-15)20-11-16(12-20)19-7-5-18-6-8-19/h1-4,15-16,18H,5-12H2. The number of carbonyl (C=O) groups excluding carboxylic acids is 1. The molecule has 1 aromatic carbocycles. The highest BCUT2D eigenvalue weighted by Gasteiger charge is 2.39. The molecule has 2 saturated heterocycles. The van der Waals surface area contributed by atoms with Crippen molar-refractivity contribution in [2.75, 3.05) is 39.3 Å². The Balaban J connectivity index is 1.32. The van der Waals surface area contributed by atoms with Gasteiger partial charge in [-0.1, -0.05) is 24.3 Å². The Labute approximate surface area is 126 Å². The van der Waals surface area contributed by atoms with E-state index in [1.807, 2.05) is 0 Å². The average molecular weight is 285 g/mol. The molecule has 2 fully saturated rings. The van der Waals surface area contributed by atoms with Crippen molar-refractivity contribution in [2.24, 2.45) is 5.92 Å². The highest BCUT2D eigenvalue weighted by atomic mass is 16.2. The van der Waals surface area contributed by atoms with Crippen LogP contribution in [0.5, 0.6) is 0 Å². The third kappa shape index (κ3) is 2.47. The molecule has 0 radical (unpaired) electrons. The van der Waals surface area contributed by atoms with Gasteiger partial charge in [0.05, 0.1) is 0 Å². The number of hydrogen-bond donors (Lipinski definition) is 1. The van der Waals surface area contributed by atoms with Crippen LogP contribution in [0.1, 0.15) is 11.1 Å². The number of fused-ring (bicyclic) bond motifs is 1. The van der Waals surface area contributed by atoms with E-state index >= 15 is 0 Å². The van der Waals surface area contributed by atoms with Crippen LogP contribution in [0.4, 0.5) is 0 Å². The molecule has 0 unspecified atom stereocenters. The number of likely N-dealkylation sites (tertiary alicyclic amines) is 1. The topological polar surface area (TPSA) is 35.6 Å². The summed E-state index contributed by atoms with van der Waals surface area (Å²) in [5.74, 6) is 0.559. The van der Waals surface area contributed by atoms with Crippen molar-refractivity contribution < 1.29 is 4.79 Å². The SMILES string of the molecule is O=C(C1Cc2ccccc2C1)N1CC(N2CCNCC2)C1. The molecule has 4 nitrogen and oxygen atoms in total. The molecular weight excluding hydrogens is 262 g/mol. The second-order valence-electron chi connectivity index (χ2n) is 6.56. The maximum absolute atomic E-state index is 12.6. The molecule has 0 bridgehead atoms. The van der Waals surface area contributed by atoms with Gasteiger partial charge in [0.2, 0.25) is 5.91 Å². The number of benzene rings is 1. The van der Waals surface area contributed by atoms with Crippen LogP contribution in [0, 0.1) is 5.92 Å². The zero-order chi connectivity index (χ0) is 14.2. The smallest absolute Gasteiger partial charge is 0.226 e. The summed E-state index contributed by atoms with van der Waals surface area (Å²) in [5.41, 5.74) is 2.74. The molecule has 1 amide bonds. The number of carbonyl (C=O) groups is 1. The maximum Gasteiger partial charge on any atom is 0.226 e. The lowest BCUT2D eigenvalue weighted by Gasteiger charge is -2.47. The molecule has 3 aliphatic rings. The van der Waals surface area contributed by atoms with E-state index in [0.717, 1.165) is 52.1 Å². The molecule has 4 rings (SSSR count). The number of rotatable bonds is 2. The molecule has 2 heterocycles. The molecular formula is C17H23N3O. The van der Waals surface area contributed by atoms with Gasteiger partial charge in [0.15, 0.2) is 0 Å². The monoisotopic (exact) mass is 285 g/mol. The minimum atomic E-state index is 0.186. The molecule has 0 saturated carbocycles. The lowest BCUT2D eigenvalue weighted by atomic mass is 9.99. The average Bonchev–Trinajstić information content (AvgIpc) is 2.90. The van der Waals surface area contributed by atoms with Gasteiger partial charge in [-0.25, -0.2) is 0 Å². The fourth-order valence-electron chi connectivity index (χ4n) is 3.91. The van der Waals surface area contributed by atoms with Crippen LogP contribution >= 0.6 is 0 Å². The summed E-state index contributed by atoms with van der Waals surface area (Å²) >= 11 is 0. The summed E-state index contributed by atoms with van der Waals surface area (Å²) in [4.78, 5) is 17.2. The first-order valence-corrected chi connectivity index (χ1v) is 8.11. The summed E-state index contributed by atoms with van der Waals surface area (Å²) in [5, 5.41) is 3.38. The quantitative estimate of drug-likeness (QED) is 0.860. The van der Waals surface area contributed by atoms with E-state index < -0.39 is 0 Å². The number of piperazine rings is 1. The maximum atomic E-state index is 12.6. The van der Waals surface area contributed by atoms with Crippen LogP contribution in [0.3, 0.4) is 0 Å². The summed E-state index contributed by atoms with van der Waals surface area (Å²) in [6.07, 6.45) is 1.87. The molecule has 1 aromatic rings. The van der Waals surface area contributed by atoms with Crippen molar-refractivity contribution >= 4 is 5.91 Å². The van der Waals surface area contributed by atoms with Crippen molar-refractivity contribution in [3.63, 3.8) is 0 Å². The van der Waals surface area contributed by atoms with Gasteiger partial charge < -0.3 is 10.2 Å². The normalized spacial score (nSPS) is 23.9. The fraction of sp³-hybridized carbons (Fsp3) is 0.588. The highest BCUT2D eigenvalue weighted by molar-refractivity contribution is 5.81. The van der Waals surface area contributed by atoms with Gasteiger partial charge in [-0.3, -0.25) is 9.69 Å². The Morgan fingerprint density at radius 2 is 1.67 bits per heavy atom. The van der Waals surface area contributed by atoms with Crippen LogP contribution in [0.25, 0.3) is 0 Å². The van der Waals surface area contributed by atoms with E-state index in [1.165, 1.54) is 11.1 Å². The van der Waals surface area contributed by atoms with E-state index in [0.29, 0.717) is 11.9 Å². The molecule has 4 heteroatoms. The van der Waals surface area contributed by atoms with E-state index in [2.05, 4.69) is 39.4 Å². The van der Waals surface area contributed by atoms with Crippen molar-refractivity contribution in [1.82, 2.24) is 15.1 Å². The number of nitrogens with one attached hydrogen (secondary N) is 1. The molecule has 0 atom stereocenters. The van der Waals surface area contributed by atoms with E-state index in [4.69, 9.17) is 0 Å². The van der Waals surface area contributed by atoms with Gasteiger partial charge in [-0.2, -0.15) is 0 Å². The van der Waals surface area contributed by atoms with Crippen LogP contribution in [0.2, 0.25) is 0 Å². The van der Waals surface area contributed by atoms with E-state index in [-0.39, 0.29) is 5.92 Å². The third-order valence-corrected chi connectivity index (χ3v) is 5.24. The molecule has 21 heavy (non-hydrogen) atoms. The Hall–Kier alpha value is -1.39. The van der Waals surface area contributed by atoms with Crippen LogP contribution in [-0.4, -0.2) is 61.0 Å². The van der Waals surface area contributed by atoms with Crippen molar-refractivity contribution in [1.29, 1.82) is 0 Å². The van der Waals surface area contributed by atoms with Gasteiger partial charge >= 0.3 is 0 Å². The molecule has 0 aromatic heterocycles. The number of hydrogen-bond acceptors (Lipinski definition) is 3. The first kappa shape index (κ1) is 13.3. The Morgan fingerprint density at radius 3 is 2.29 bits per heavy atom. The summed E-state index contributed by atoms with van der Waals surface area (Å²) in [7, 11) is 0. The first-order chi connectivity index (χ1) is 10.3. The first-order valence-electron chi connectivity index (χ1n) is 8.11. The van der Waals surface area contributed by atoms with Gasteiger partial charge in [0, 0.05) is 51.2 Å². The van der Waals surface area contributed by atoms with E-state index in [1.54, 1.807) is 0 Å². The minimum Gasteiger partial charge on any atom is -0.339 e. The van der Waals surface area contributed by atoms with Gasteiger partial charge in [-0.15, -0.1) is 0 Å². The molecule has 2 aliphatic heterocycles. The number of nitrogens with zero attached hydrogens (tertiary/aromatic N) is 2. The molecule has 112 valence electrons. The second kappa shape index (κ2) is 5.43. The Morgan fingerprint density at radius 1 is 1.05 bits per heavy atom. The predicted octanol–water partition coefficient (Wildman–Crippen LogP) is 0.517. The van der Waals surface area contributed by atoms with Crippen LogP contribution < -0.4 is 5.32 Å². The van der Waals surface area contributed by atoms with Crippen LogP contribution in [-0.2, 0) is 17.6 Å². The van der Waals surface area contributed by atoms with E-state index in [9.17, 15) is 4.79 Å². The highest BCUT2D eigenvalue weighted by Crippen LogP contribution is 2.29. The third-order valence-electron chi connectivity index (χ3n) is 5.24. The lowest BCUT2D eigenvalue weighted by Crippen LogP contribution is -2.64. The fourth-order valence-corrected chi connectivity index (χ4v) is 3.91. The summed E-state index contributed by atoms with van der Waals surface area (Å²) in [6.45, 7) is 6.30. The second-order valence-corrected chi connectivity index (χ2v) is 6.56. The lowest BCUT2D eigenvalue weighted by molar-refractivity contribution is -0.143.